The maximum atomic E-state index is 13.8. The fourth-order valence-electron chi connectivity index (χ4n) is 3.43. The van der Waals surface area contributed by atoms with Crippen molar-refractivity contribution in [2.45, 2.75) is 26.4 Å². The van der Waals surface area contributed by atoms with Crippen molar-refractivity contribution in [3.8, 4) is 5.75 Å². The van der Waals surface area contributed by atoms with E-state index in [1.165, 1.54) is 18.3 Å². The molecule has 0 aliphatic rings. The highest BCUT2D eigenvalue weighted by Gasteiger charge is 2.34. The number of rotatable bonds is 15. The minimum atomic E-state index is -4.93. The van der Waals surface area contributed by atoms with Gasteiger partial charge in [-0.1, -0.05) is 0 Å². The lowest BCUT2D eigenvalue weighted by atomic mass is 10.2. The van der Waals surface area contributed by atoms with E-state index >= 15 is 0 Å². The largest absolute Gasteiger partial charge is 0.573 e. The normalized spacial score (nSPS) is 12.0. The number of benzene rings is 2. The zero-order chi connectivity index (χ0) is 31.5. The van der Waals surface area contributed by atoms with E-state index in [9.17, 15) is 30.7 Å². The summed E-state index contributed by atoms with van der Waals surface area (Å²) in [5.41, 5.74) is 1.35. The Hall–Kier alpha value is -4.25. The number of halogens is 7. The molecule has 0 fully saturated rings. The van der Waals surface area contributed by atoms with Crippen molar-refractivity contribution in [2.75, 3.05) is 55.2 Å². The molecule has 0 bridgehead atoms. The molecular weight excluding hydrogens is 591 g/mol. The van der Waals surface area contributed by atoms with Gasteiger partial charge in [0, 0.05) is 32.0 Å². The zero-order valence-electron chi connectivity index (χ0n) is 23.0. The van der Waals surface area contributed by atoms with Gasteiger partial charge in [0.05, 0.1) is 25.0 Å². The van der Waals surface area contributed by atoms with Gasteiger partial charge < -0.3 is 24.4 Å². The first kappa shape index (κ1) is 33.3. The molecule has 2 aromatic carbocycles. The second-order valence-corrected chi connectivity index (χ2v) is 8.47. The minimum Gasteiger partial charge on any atom is -0.406 e. The third-order valence-electron chi connectivity index (χ3n) is 5.35. The van der Waals surface area contributed by atoms with Crippen molar-refractivity contribution in [3.05, 3.63) is 59.4 Å². The van der Waals surface area contributed by atoms with Crippen molar-refractivity contribution in [3.63, 3.8) is 0 Å². The van der Waals surface area contributed by atoms with E-state index in [1.54, 1.807) is 4.90 Å². The lowest BCUT2D eigenvalue weighted by molar-refractivity contribution is -0.274. The molecule has 0 radical (unpaired) electrons. The van der Waals surface area contributed by atoms with Crippen molar-refractivity contribution in [2.24, 2.45) is 5.10 Å². The molecule has 0 saturated heterocycles. The van der Waals surface area contributed by atoms with Gasteiger partial charge in [-0.05, 0) is 61.9 Å². The van der Waals surface area contributed by atoms with Crippen LogP contribution in [0.5, 0.6) is 5.75 Å². The maximum Gasteiger partial charge on any atom is 0.573 e. The van der Waals surface area contributed by atoms with E-state index in [1.807, 2.05) is 13.8 Å². The van der Waals surface area contributed by atoms with Gasteiger partial charge in [-0.25, -0.2) is 9.82 Å². The number of alkyl halides is 6. The molecule has 0 aliphatic heterocycles. The van der Waals surface area contributed by atoms with Crippen LogP contribution in [0.2, 0.25) is 0 Å². The Labute approximate surface area is 241 Å². The number of nitrogens with zero attached hydrogens (tertiary/aromatic N) is 5. The Morgan fingerprint density at radius 2 is 1.49 bits per heavy atom. The topological polar surface area (TPSA) is 106 Å². The Bertz CT molecular complexity index is 1330. The summed E-state index contributed by atoms with van der Waals surface area (Å²) in [6, 6.07) is 7.20. The van der Waals surface area contributed by atoms with Crippen LogP contribution in [0.3, 0.4) is 0 Å². The van der Waals surface area contributed by atoms with Crippen LogP contribution >= 0.6 is 0 Å². The molecule has 0 atom stereocenters. The standard InChI is InChI=1S/C26H28F7N7O3/c1-3-41-13-11-40(12-14-42-4-2)24-37-22(35-18-7-10-21(27)20(15-18)25(28,29)30)36-23(38-24)39-34-16-17-5-8-19(9-6-17)43-26(31,32)33/h5-10,15-16H,3-4,11-14H2,1-2H3,(H2,35,36,37,38,39)/b34-16+. The first-order valence-corrected chi connectivity index (χ1v) is 12.8. The van der Waals surface area contributed by atoms with Crippen LogP contribution in [0.15, 0.2) is 47.6 Å². The third kappa shape index (κ3) is 11.2. The van der Waals surface area contributed by atoms with E-state index in [-0.39, 0.29) is 23.5 Å². The smallest absolute Gasteiger partial charge is 0.406 e. The quantitative estimate of drug-likeness (QED) is 0.0918. The van der Waals surface area contributed by atoms with Gasteiger partial charge in [0.1, 0.15) is 11.6 Å². The zero-order valence-corrected chi connectivity index (χ0v) is 23.0. The molecule has 10 nitrogen and oxygen atoms in total. The van der Waals surface area contributed by atoms with Crippen molar-refractivity contribution >= 4 is 29.7 Å². The number of nitrogens with one attached hydrogen (secondary N) is 2. The summed E-state index contributed by atoms with van der Waals surface area (Å²) in [6.07, 6.45) is -8.49. The lowest BCUT2D eigenvalue weighted by Crippen LogP contribution is -2.33. The van der Waals surface area contributed by atoms with Gasteiger partial charge in [-0.2, -0.15) is 33.2 Å². The molecule has 0 amide bonds. The molecule has 2 N–H and O–H groups in total. The average Bonchev–Trinajstić information content (AvgIpc) is 2.93. The van der Waals surface area contributed by atoms with Crippen LogP contribution in [-0.2, 0) is 15.7 Å². The van der Waals surface area contributed by atoms with Crippen molar-refractivity contribution < 1.29 is 44.9 Å². The minimum absolute atomic E-state index is 0.0985. The SMILES string of the molecule is CCOCCN(CCOCC)c1nc(N/N=C/c2ccc(OC(F)(F)F)cc2)nc(Nc2ccc(F)c(C(F)(F)F)c2)n1. The van der Waals surface area contributed by atoms with Crippen LogP contribution in [-0.4, -0.2) is 67.0 Å². The number of hydrogen-bond acceptors (Lipinski definition) is 10. The van der Waals surface area contributed by atoms with E-state index in [0.717, 1.165) is 18.2 Å². The molecule has 0 spiro atoms. The lowest BCUT2D eigenvalue weighted by Gasteiger charge is -2.23. The van der Waals surface area contributed by atoms with Gasteiger partial charge in [-0.3, -0.25) is 0 Å². The number of ether oxygens (including phenoxy) is 3. The van der Waals surface area contributed by atoms with E-state index in [4.69, 9.17) is 9.47 Å². The van der Waals surface area contributed by atoms with Gasteiger partial charge in [0.15, 0.2) is 0 Å². The number of hydrazone groups is 1. The van der Waals surface area contributed by atoms with Crippen LogP contribution in [0.4, 0.5) is 54.3 Å². The number of aromatic nitrogens is 3. The summed E-state index contributed by atoms with van der Waals surface area (Å²) in [7, 11) is 0. The van der Waals surface area contributed by atoms with Gasteiger partial charge in [-0.15, -0.1) is 13.2 Å². The molecule has 0 unspecified atom stereocenters. The summed E-state index contributed by atoms with van der Waals surface area (Å²) < 4.78 is 105. The maximum absolute atomic E-state index is 13.8. The Kier molecular flexibility index (Phi) is 11.8. The second-order valence-electron chi connectivity index (χ2n) is 8.47. The molecule has 43 heavy (non-hydrogen) atoms. The molecule has 3 aromatic rings. The van der Waals surface area contributed by atoms with Crippen molar-refractivity contribution in [1.29, 1.82) is 0 Å². The molecule has 234 valence electrons. The highest BCUT2D eigenvalue weighted by Crippen LogP contribution is 2.33. The van der Waals surface area contributed by atoms with Gasteiger partial charge >= 0.3 is 12.5 Å². The molecule has 1 heterocycles. The monoisotopic (exact) mass is 619 g/mol. The summed E-state index contributed by atoms with van der Waals surface area (Å²) in [4.78, 5) is 14.5. The van der Waals surface area contributed by atoms with Crippen LogP contribution in [0, 0.1) is 5.82 Å². The second kappa shape index (κ2) is 15.3. The predicted molar refractivity (Wildman–Crippen MR) is 144 cm³/mol. The summed E-state index contributed by atoms with van der Waals surface area (Å²) in [6.45, 7) is 5.83. The fraction of sp³-hybridized carbons (Fsp3) is 0.385. The Morgan fingerprint density at radius 1 is 0.860 bits per heavy atom. The number of hydrogen-bond donors (Lipinski definition) is 2. The average molecular weight is 620 g/mol. The fourth-order valence-corrected chi connectivity index (χ4v) is 3.43. The molecule has 0 saturated carbocycles. The number of anilines is 4. The molecule has 0 aliphatic carbocycles. The van der Waals surface area contributed by atoms with E-state index in [2.05, 4.69) is 35.5 Å². The Balaban J connectivity index is 1.90. The summed E-state index contributed by atoms with van der Waals surface area (Å²) in [5, 5.41) is 6.62. The summed E-state index contributed by atoms with van der Waals surface area (Å²) >= 11 is 0. The van der Waals surface area contributed by atoms with Crippen LogP contribution in [0.25, 0.3) is 0 Å². The first-order valence-electron chi connectivity index (χ1n) is 12.8. The van der Waals surface area contributed by atoms with Gasteiger partial charge in [0.25, 0.3) is 0 Å². The molecular formula is C26H28F7N7O3. The molecule has 1 aromatic heterocycles. The first-order chi connectivity index (χ1) is 20.4. The molecule has 3 rings (SSSR count). The van der Waals surface area contributed by atoms with E-state index < -0.39 is 29.7 Å². The van der Waals surface area contributed by atoms with Crippen LogP contribution in [0.1, 0.15) is 25.0 Å². The third-order valence-corrected chi connectivity index (χ3v) is 5.35. The van der Waals surface area contributed by atoms with Crippen LogP contribution < -0.4 is 20.4 Å². The Morgan fingerprint density at radius 3 is 2.07 bits per heavy atom. The van der Waals surface area contributed by atoms with Crippen molar-refractivity contribution in [1.82, 2.24) is 15.0 Å². The van der Waals surface area contributed by atoms with E-state index in [0.29, 0.717) is 57.2 Å². The predicted octanol–water partition coefficient (Wildman–Crippen LogP) is 6.00. The molecule has 17 heteroatoms. The van der Waals surface area contributed by atoms with Gasteiger partial charge in [0.2, 0.25) is 17.8 Å². The highest BCUT2D eigenvalue weighted by atomic mass is 19.4. The summed E-state index contributed by atoms with van der Waals surface area (Å²) in [5.74, 6) is -2.07. The highest BCUT2D eigenvalue weighted by molar-refractivity contribution is 5.80.